The summed E-state index contributed by atoms with van der Waals surface area (Å²) < 4.78 is 6.60. The Balaban J connectivity index is 1.28. The largest absolute Gasteiger partial charge is 0.359 e. The average molecular weight is 591 g/mol. The van der Waals surface area contributed by atoms with Crippen molar-refractivity contribution in [3.63, 3.8) is 0 Å². The second-order valence-electron chi connectivity index (χ2n) is 14.1. The van der Waals surface area contributed by atoms with Gasteiger partial charge in [-0.1, -0.05) is 58.3 Å². The third-order valence-corrected chi connectivity index (χ3v) is 11.3. The van der Waals surface area contributed by atoms with Gasteiger partial charge in [-0.05, 0) is 81.2 Å². The number of fused-ring (bicyclic) bond motifs is 1. The number of aryl methyl sites for hydroxylation is 2. The Hall–Kier alpha value is -2.71. The zero-order chi connectivity index (χ0) is 30.5. The molecule has 0 aromatic heterocycles. The predicted molar refractivity (Wildman–Crippen MR) is 167 cm³/mol. The lowest BCUT2D eigenvalue weighted by atomic mass is 9.73. The Labute approximate surface area is 257 Å². The van der Waals surface area contributed by atoms with E-state index in [1.165, 1.54) is 19.3 Å². The maximum Gasteiger partial charge on any atom is 0.246 e. The molecular weight excluding hydrogens is 540 g/mol. The number of carbonyl (C=O) groups excluding carboxylic acids is 3. The molecule has 1 aliphatic carbocycles. The highest BCUT2D eigenvalue weighted by atomic mass is 16.5. The zero-order valence-electron chi connectivity index (χ0n) is 26.6. The van der Waals surface area contributed by atoms with Crippen molar-refractivity contribution in [2.75, 3.05) is 25.0 Å². The molecule has 8 nitrogen and oxygen atoms in total. The lowest BCUT2D eigenvalue weighted by Crippen LogP contribution is -2.58. The van der Waals surface area contributed by atoms with E-state index in [-0.39, 0.29) is 23.8 Å². The van der Waals surface area contributed by atoms with Gasteiger partial charge in [-0.25, -0.2) is 0 Å². The number of nitrogens with zero attached hydrogens (tertiary/aromatic N) is 2. The summed E-state index contributed by atoms with van der Waals surface area (Å²) in [5.41, 5.74) is 1.71. The number of anilines is 1. The highest BCUT2D eigenvalue weighted by Gasteiger charge is 2.72. The second-order valence-corrected chi connectivity index (χ2v) is 14.1. The van der Waals surface area contributed by atoms with Gasteiger partial charge in [0.05, 0.1) is 17.9 Å². The Morgan fingerprint density at radius 2 is 1.77 bits per heavy atom. The Bertz CT molecular complexity index is 1260. The van der Waals surface area contributed by atoms with Crippen LogP contribution >= 0.6 is 0 Å². The van der Waals surface area contributed by atoms with Crippen molar-refractivity contribution in [1.82, 2.24) is 15.1 Å². The van der Waals surface area contributed by atoms with Gasteiger partial charge in [0.1, 0.15) is 11.6 Å². The molecule has 3 saturated heterocycles. The minimum Gasteiger partial charge on any atom is -0.359 e. The second kappa shape index (κ2) is 12.0. The number of rotatable bonds is 8. The molecule has 5 aliphatic rings. The van der Waals surface area contributed by atoms with Gasteiger partial charge in [0, 0.05) is 30.9 Å². The van der Waals surface area contributed by atoms with Crippen LogP contribution in [0, 0.1) is 37.5 Å². The topological polar surface area (TPSA) is 91.0 Å². The summed E-state index contributed by atoms with van der Waals surface area (Å²) in [6, 6.07) is 5.73. The molecule has 8 heteroatoms. The number of hydrogen-bond donors (Lipinski definition) is 2. The lowest BCUT2D eigenvalue weighted by Gasteiger charge is -2.39. The summed E-state index contributed by atoms with van der Waals surface area (Å²) in [7, 11) is 0. The predicted octanol–water partition coefficient (Wildman–Crippen LogP) is 4.60. The van der Waals surface area contributed by atoms with Crippen LogP contribution in [0.1, 0.15) is 76.8 Å². The van der Waals surface area contributed by atoms with Crippen LogP contribution in [0.5, 0.6) is 0 Å². The van der Waals surface area contributed by atoms with E-state index in [4.69, 9.17) is 4.74 Å². The molecular formula is C35H50N4O4. The number of carbonyl (C=O) groups is 3. The first-order valence-electron chi connectivity index (χ1n) is 16.7. The summed E-state index contributed by atoms with van der Waals surface area (Å²) in [6.45, 7) is 12.9. The van der Waals surface area contributed by atoms with E-state index < -0.39 is 29.6 Å². The quantitative estimate of drug-likeness (QED) is 0.432. The number of amides is 3. The normalized spacial score (nSPS) is 37.0. The van der Waals surface area contributed by atoms with Crippen molar-refractivity contribution in [3.8, 4) is 0 Å². The van der Waals surface area contributed by atoms with Gasteiger partial charge in [-0.3, -0.25) is 19.3 Å². The van der Waals surface area contributed by atoms with Crippen molar-refractivity contribution in [2.24, 2.45) is 23.7 Å². The van der Waals surface area contributed by atoms with Gasteiger partial charge in [0.15, 0.2) is 0 Å². The number of likely N-dealkylation sites (tertiary alicyclic amines) is 2. The molecule has 0 unspecified atom stereocenters. The van der Waals surface area contributed by atoms with Crippen LogP contribution in [0.3, 0.4) is 0 Å². The van der Waals surface area contributed by atoms with Crippen LogP contribution in [0.25, 0.3) is 0 Å². The molecule has 43 heavy (non-hydrogen) atoms. The first kappa shape index (κ1) is 30.3. The third-order valence-electron chi connectivity index (χ3n) is 11.3. The molecule has 3 amide bonds. The molecule has 6 rings (SSSR count). The van der Waals surface area contributed by atoms with Crippen molar-refractivity contribution >= 4 is 23.4 Å². The van der Waals surface area contributed by atoms with E-state index in [9.17, 15) is 14.4 Å². The molecule has 1 saturated carbocycles. The Kier molecular flexibility index (Phi) is 8.46. The minimum atomic E-state index is -1.13. The van der Waals surface area contributed by atoms with Gasteiger partial charge in [0.25, 0.3) is 0 Å². The van der Waals surface area contributed by atoms with Crippen LogP contribution in [0.15, 0.2) is 30.4 Å². The number of benzene rings is 1. The molecule has 1 aromatic carbocycles. The van der Waals surface area contributed by atoms with Gasteiger partial charge >= 0.3 is 0 Å². The molecule has 2 N–H and O–H groups in total. The van der Waals surface area contributed by atoms with Crippen LogP contribution in [-0.2, 0) is 19.1 Å². The van der Waals surface area contributed by atoms with Gasteiger partial charge in [-0.2, -0.15) is 0 Å². The maximum atomic E-state index is 14.4. The molecule has 4 aliphatic heterocycles. The van der Waals surface area contributed by atoms with Crippen molar-refractivity contribution in [2.45, 2.75) is 109 Å². The first-order chi connectivity index (χ1) is 20.6. The highest BCUT2D eigenvalue weighted by molar-refractivity contribution is 6.02. The molecule has 1 spiro atoms. The first-order valence-corrected chi connectivity index (χ1v) is 16.7. The minimum absolute atomic E-state index is 0.0708. The number of hydrogen-bond acceptors (Lipinski definition) is 5. The van der Waals surface area contributed by atoms with Gasteiger partial charge in [-0.15, -0.1) is 0 Å². The van der Waals surface area contributed by atoms with Crippen molar-refractivity contribution in [1.29, 1.82) is 0 Å². The van der Waals surface area contributed by atoms with Crippen molar-refractivity contribution < 1.29 is 19.1 Å². The SMILES string of the molecule is CC[C@@H]1CCCCN1CCN1C(=O)[C@@H]2[C@H](C(=O)Nc3cc(C)cc(C)c3)[C@@H]3C=C[C@@]2(O3)[C@@H]1C(=O)N[C@@H]1CCC[C@H](C)[C@@H]1C. The highest BCUT2D eigenvalue weighted by Crippen LogP contribution is 2.55. The molecule has 4 fully saturated rings. The molecule has 9 atom stereocenters. The lowest BCUT2D eigenvalue weighted by molar-refractivity contribution is -0.142. The summed E-state index contributed by atoms with van der Waals surface area (Å²) >= 11 is 0. The fraction of sp³-hybridized carbons (Fsp3) is 0.686. The summed E-state index contributed by atoms with van der Waals surface area (Å²) in [4.78, 5) is 46.9. The molecule has 234 valence electrons. The van der Waals surface area contributed by atoms with E-state index in [2.05, 4.69) is 42.4 Å². The number of ether oxygens (including phenoxy) is 1. The van der Waals surface area contributed by atoms with Gasteiger partial charge in [0.2, 0.25) is 17.7 Å². The Morgan fingerprint density at radius 3 is 2.51 bits per heavy atom. The number of nitrogens with one attached hydrogen (secondary N) is 2. The average Bonchev–Trinajstić information content (AvgIpc) is 3.61. The van der Waals surface area contributed by atoms with E-state index in [1.807, 2.05) is 38.1 Å². The van der Waals surface area contributed by atoms with E-state index >= 15 is 0 Å². The van der Waals surface area contributed by atoms with Crippen molar-refractivity contribution in [3.05, 3.63) is 41.5 Å². The fourth-order valence-corrected chi connectivity index (χ4v) is 8.88. The van der Waals surface area contributed by atoms with Crippen LogP contribution < -0.4 is 10.6 Å². The summed E-state index contributed by atoms with van der Waals surface area (Å²) in [5, 5.41) is 6.46. The molecule has 4 heterocycles. The third kappa shape index (κ3) is 5.43. The molecule has 0 radical (unpaired) electrons. The van der Waals surface area contributed by atoms with Crippen LogP contribution in [-0.4, -0.2) is 77.0 Å². The summed E-state index contributed by atoms with van der Waals surface area (Å²) in [5.74, 6) is -1.02. The smallest absolute Gasteiger partial charge is 0.246 e. The van der Waals surface area contributed by atoms with Gasteiger partial charge < -0.3 is 20.3 Å². The monoisotopic (exact) mass is 590 g/mol. The summed E-state index contributed by atoms with van der Waals surface area (Å²) in [6.07, 6.45) is 11.2. The van der Waals surface area contributed by atoms with E-state index in [0.29, 0.717) is 24.4 Å². The fourth-order valence-electron chi connectivity index (χ4n) is 8.88. The standard InChI is InChI=1S/C35H50N4O4/c1-6-26-11-7-8-15-38(26)16-17-39-31(33(41)37-27-12-9-10-23(4)24(27)5)35-14-13-28(43-35)29(30(35)34(39)42)32(40)36-25-19-21(2)18-22(3)20-25/h13-14,18-20,23-24,26-31H,6-12,15-17H2,1-5H3,(H,36,40)(H,37,41)/t23-,24-,26+,27+,28-,29+,30-,31-,35-/m0/s1. The maximum absolute atomic E-state index is 14.4. The Morgan fingerprint density at radius 1 is 1.00 bits per heavy atom. The number of piperidine rings is 1. The van der Waals surface area contributed by atoms with Crippen LogP contribution in [0.2, 0.25) is 0 Å². The zero-order valence-corrected chi connectivity index (χ0v) is 26.6. The van der Waals surface area contributed by atoms with E-state index in [0.717, 1.165) is 55.6 Å². The van der Waals surface area contributed by atoms with E-state index in [1.54, 1.807) is 4.90 Å². The molecule has 2 bridgehead atoms. The molecule has 1 aromatic rings. The van der Waals surface area contributed by atoms with Crippen LogP contribution in [0.4, 0.5) is 5.69 Å².